The Morgan fingerprint density at radius 3 is 3.27 bits per heavy atom. The van der Waals surface area contributed by atoms with Crippen molar-refractivity contribution >= 4 is 17.3 Å². The predicted molar refractivity (Wildman–Crippen MR) is 46.2 cm³/mol. The zero-order valence-electron chi connectivity index (χ0n) is 5.97. The second-order valence-corrected chi connectivity index (χ2v) is 3.76. The Morgan fingerprint density at radius 2 is 2.36 bits per heavy atom. The summed E-state index contributed by atoms with van der Waals surface area (Å²) < 4.78 is 0. The number of nitrogens with one attached hydrogen (secondary N) is 1. The molecule has 0 amide bonds. The number of rotatable bonds is 0. The summed E-state index contributed by atoms with van der Waals surface area (Å²) in [6.07, 6.45) is 1.30. The van der Waals surface area contributed by atoms with E-state index in [2.05, 4.69) is 17.4 Å². The maximum Gasteiger partial charge on any atom is 0.0410 e. The summed E-state index contributed by atoms with van der Waals surface area (Å²) in [6.45, 7) is 0. The average molecular weight is 166 g/mol. The first-order valence-corrected chi connectivity index (χ1v) is 4.28. The standard InChI is InChI=1S/C9H8ClN/c10-5-1-2-8-6(3-5)7-4-9(7)11-8/h1-3,7,9,11H,4H2. The number of anilines is 1. The van der Waals surface area contributed by atoms with Gasteiger partial charge in [0.25, 0.3) is 0 Å². The molecule has 1 aromatic rings. The molecule has 0 bridgehead atoms. The van der Waals surface area contributed by atoms with E-state index in [9.17, 15) is 0 Å². The minimum atomic E-state index is 0.725. The van der Waals surface area contributed by atoms with Crippen LogP contribution < -0.4 is 5.32 Å². The minimum absolute atomic E-state index is 0.725. The lowest BCUT2D eigenvalue weighted by atomic mass is 10.1. The van der Waals surface area contributed by atoms with Crippen LogP contribution >= 0.6 is 11.6 Å². The zero-order valence-corrected chi connectivity index (χ0v) is 6.73. The Kier molecular flexibility index (Phi) is 0.924. The normalized spacial score (nSPS) is 30.6. The molecular weight excluding hydrogens is 158 g/mol. The van der Waals surface area contributed by atoms with Crippen LogP contribution in [0.15, 0.2) is 18.2 Å². The summed E-state index contributed by atoms with van der Waals surface area (Å²) in [5, 5.41) is 4.30. The van der Waals surface area contributed by atoms with Crippen molar-refractivity contribution in [3.63, 3.8) is 0 Å². The molecule has 1 aliphatic heterocycles. The Balaban J connectivity index is 2.20. The molecule has 1 saturated carbocycles. The Bertz CT molecular complexity index is 321. The lowest BCUT2D eigenvalue weighted by molar-refractivity contribution is 1.14. The monoisotopic (exact) mass is 165 g/mol. The van der Waals surface area contributed by atoms with Gasteiger partial charge in [0, 0.05) is 22.7 Å². The third-order valence-electron chi connectivity index (χ3n) is 2.54. The van der Waals surface area contributed by atoms with Crippen molar-refractivity contribution in [3.8, 4) is 0 Å². The topological polar surface area (TPSA) is 12.0 Å². The van der Waals surface area contributed by atoms with Crippen LogP contribution in [-0.4, -0.2) is 6.04 Å². The largest absolute Gasteiger partial charge is 0.381 e. The maximum absolute atomic E-state index is 5.88. The fourth-order valence-electron chi connectivity index (χ4n) is 1.87. The van der Waals surface area contributed by atoms with Gasteiger partial charge < -0.3 is 5.32 Å². The Labute approximate surface area is 70.4 Å². The molecule has 0 radical (unpaired) electrons. The van der Waals surface area contributed by atoms with Crippen molar-refractivity contribution in [1.82, 2.24) is 0 Å². The molecule has 11 heavy (non-hydrogen) atoms. The second-order valence-electron chi connectivity index (χ2n) is 3.32. The van der Waals surface area contributed by atoms with E-state index in [1.165, 1.54) is 17.7 Å². The molecule has 2 unspecified atom stereocenters. The van der Waals surface area contributed by atoms with Crippen LogP contribution in [-0.2, 0) is 0 Å². The third-order valence-corrected chi connectivity index (χ3v) is 2.78. The van der Waals surface area contributed by atoms with Gasteiger partial charge in [-0.05, 0) is 30.2 Å². The van der Waals surface area contributed by atoms with Gasteiger partial charge in [-0.1, -0.05) is 11.6 Å². The first kappa shape index (κ1) is 5.90. The van der Waals surface area contributed by atoms with Crippen LogP contribution in [0, 0.1) is 0 Å². The van der Waals surface area contributed by atoms with Crippen LogP contribution in [0.5, 0.6) is 0 Å². The van der Waals surface area contributed by atoms with Crippen LogP contribution in [0.2, 0.25) is 5.02 Å². The van der Waals surface area contributed by atoms with Crippen LogP contribution in [0.4, 0.5) is 5.69 Å². The van der Waals surface area contributed by atoms with Crippen molar-refractivity contribution in [2.45, 2.75) is 18.4 Å². The van der Waals surface area contributed by atoms with Gasteiger partial charge >= 0.3 is 0 Å². The second kappa shape index (κ2) is 1.72. The molecule has 0 spiro atoms. The lowest BCUT2D eigenvalue weighted by Crippen LogP contribution is -1.95. The van der Waals surface area contributed by atoms with Crippen molar-refractivity contribution in [2.75, 3.05) is 5.32 Å². The van der Waals surface area contributed by atoms with E-state index in [1.807, 2.05) is 6.07 Å². The highest BCUT2D eigenvalue weighted by Crippen LogP contribution is 2.52. The summed E-state index contributed by atoms with van der Waals surface area (Å²) in [5.41, 5.74) is 2.71. The Hall–Kier alpha value is -0.690. The summed E-state index contributed by atoms with van der Waals surface area (Å²) in [6, 6.07) is 6.83. The van der Waals surface area contributed by atoms with Gasteiger partial charge in [-0.15, -0.1) is 0 Å². The molecule has 1 fully saturated rings. The van der Waals surface area contributed by atoms with Gasteiger partial charge in [-0.25, -0.2) is 0 Å². The lowest BCUT2D eigenvalue weighted by Gasteiger charge is -2.02. The smallest absolute Gasteiger partial charge is 0.0410 e. The minimum Gasteiger partial charge on any atom is -0.381 e. The molecule has 2 atom stereocenters. The van der Waals surface area contributed by atoms with E-state index >= 15 is 0 Å². The summed E-state index contributed by atoms with van der Waals surface area (Å²) >= 11 is 5.88. The molecule has 1 nitrogen and oxygen atoms in total. The summed E-state index contributed by atoms with van der Waals surface area (Å²) in [4.78, 5) is 0. The van der Waals surface area contributed by atoms with Crippen LogP contribution in [0.1, 0.15) is 17.9 Å². The molecule has 2 aliphatic rings. The predicted octanol–water partition coefficient (Wildman–Crippen LogP) is 2.62. The van der Waals surface area contributed by atoms with E-state index in [4.69, 9.17) is 11.6 Å². The van der Waals surface area contributed by atoms with Gasteiger partial charge in [0.15, 0.2) is 0 Å². The average Bonchev–Trinajstić information content (AvgIpc) is 2.67. The van der Waals surface area contributed by atoms with Gasteiger partial charge in [0.1, 0.15) is 0 Å². The first-order chi connectivity index (χ1) is 5.34. The summed E-state index contributed by atoms with van der Waals surface area (Å²) in [5.74, 6) is 0.767. The highest BCUT2D eigenvalue weighted by Gasteiger charge is 2.44. The molecule has 0 aromatic heterocycles. The molecule has 56 valence electrons. The molecular formula is C9H8ClN. The van der Waals surface area contributed by atoms with Crippen molar-refractivity contribution in [3.05, 3.63) is 28.8 Å². The highest BCUT2D eigenvalue weighted by molar-refractivity contribution is 6.30. The fraction of sp³-hybridized carbons (Fsp3) is 0.333. The third kappa shape index (κ3) is 0.719. The van der Waals surface area contributed by atoms with E-state index in [0.717, 1.165) is 17.0 Å². The molecule has 3 rings (SSSR count). The highest BCUT2D eigenvalue weighted by atomic mass is 35.5. The summed E-state index contributed by atoms with van der Waals surface area (Å²) in [7, 11) is 0. The van der Waals surface area contributed by atoms with Gasteiger partial charge in [0.2, 0.25) is 0 Å². The van der Waals surface area contributed by atoms with E-state index < -0.39 is 0 Å². The molecule has 1 aromatic carbocycles. The quantitative estimate of drug-likeness (QED) is 0.623. The van der Waals surface area contributed by atoms with Crippen LogP contribution in [0.3, 0.4) is 0 Å². The van der Waals surface area contributed by atoms with Crippen LogP contribution in [0.25, 0.3) is 0 Å². The van der Waals surface area contributed by atoms with Crippen molar-refractivity contribution in [2.24, 2.45) is 0 Å². The number of hydrogen-bond acceptors (Lipinski definition) is 1. The fourth-order valence-corrected chi connectivity index (χ4v) is 2.05. The molecule has 2 heteroatoms. The van der Waals surface area contributed by atoms with E-state index in [0.29, 0.717) is 0 Å². The Morgan fingerprint density at radius 1 is 1.45 bits per heavy atom. The zero-order chi connectivity index (χ0) is 7.42. The van der Waals surface area contributed by atoms with Crippen molar-refractivity contribution in [1.29, 1.82) is 0 Å². The van der Waals surface area contributed by atoms with E-state index in [-0.39, 0.29) is 0 Å². The molecule has 0 saturated heterocycles. The van der Waals surface area contributed by atoms with Crippen molar-refractivity contribution < 1.29 is 0 Å². The number of benzene rings is 1. The molecule has 1 aliphatic carbocycles. The van der Waals surface area contributed by atoms with E-state index in [1.54, 1.807) is 0 Å². The SMILES string of the molecule is Clc1ccc2c(c1)C1CC1N2. The number of hydrogen-bond donors (Lipinski definition) is 1. The molecule has 1 N–H and O–H groups in total. The first-order valence-electron chi connectivity index (χ1n) is 3.90. The number of fused-ring (bicyclic) bond motifs is 3. The van der Waals surface area contributed by atoms with Gasteiger partial charge in [-0.3, -0.25) is 0 Å². The van der Waals surface area contributed by atoms with Gasteiger partial charge in [0.05, 0.1) is 0 Å². The maximum atomic E-state index is 5.88. The number of halogens is 1. The molecule has 1 heterocycles. The van der Waals surface area contributed by atoms with Gasteiger partial charge in [-0.2, -0.15) is 0 Å².